The first kappa shape index (κ1) is 14.2. The van der Waals surface area contributed by atoms with E-state index in [0.717, 1.165) is 25.3 Å². The van der Waals surface area contributed by atoms with Crippen LogP contribution < -0.4 is 10.1 Å². The number of ether oxygens (including phenoxy) is 1. The maximum absolute atomic E-state index is 5.38. The SMILES string of the molecule is COc1cccc(C2CCNCC2Cc2ccccc2)c1. The van der Waals surface area contributed by atoms with Crippen LogP contribution >= 0.6 is 0 Å². The molecule has 2 unspecified atom stereocenters. The first-order chi connectivity index (χ1) is 10.4. The smallest absolute Gasteiger partial charge is 0.119 e. The van der Waals surface area contributed by atoms with E-state index in [-0.39, 0.29) is 0 Å². The maximum atomic E-state index is 5.38. The molecular formula is C19H23NO. The minimum Gasteiger partial charge on any atom is -0.497 e. The molecule has 0 radical (unpaired) electrons. The summed E-state index contributed by atoms with van der Waals surface area (Å²) in [5, 5.41) is 3.55. The molecule has 3 rings (SSSR count). The van der Waals surface area contributed by atoms with Gasteiger partial charge in [-0.25, -0.2) is 0 Å². The lowest BCUT2D eigenvalue weighted by Gasteiger charge is -2.33. The zero-order chi connectivity index (χ0) is 14.5. The molecule has 0 spiro atoms. The molecule has 1 N–H and O–H groups in total. The molecule has 1 aliphatic heterocycles. The third-order valence-corrected chi connectivity index (χ3v) is 4.47. The highest BCUT2D eigenvalue weighted by molar-refractivity contribution is 5.32. The lowest BCUT2D eigenvalue weighted by Crippen LogP contribution is -2.36. The van der Waals surface area contributed by atoms with Crippen molar-refractivity contribution < 1.29 is 4.74 Å². The van der Waals surface area contributed by atoms with E-state index in [1.54, 1.807) is 7.11 Å². The summed E-state index contributed by atoms with van der Waals surface area (Å²) < 4.78 is 5.38. The molecule has 21 heavy (non-hydrogen) atoms. The second kappa shape index (κ2) is 6.77. The largest absolute Gasteiger partial charge is 0.497 e. The number of methoxy groups -OCH3 is 1. The lowest BCUT2D eigenvalue weighted by atomic mass is 9.78. The van der Waals surface area contributed by atoms with Gasteiger partial charge >= 0.3 is 0 Å². The Morgan fingerprint density at radius 3 is 2.76 bits per heavy atom. The van der Waals surface area contributed by atoms with Crippen molar-refractivity contribution in [1.29, 1.82) is 0 Å². The molecule has 1 heterocycles. The molecule has 0 amide bonds. The fourth-order valence-corrected chi connectivity index (χ4v) is 3.37. The van der Waals surface area contributed by atoms with E-state index in [1.165, 1.54) is 17.5 Å². The fourth-order valence-electron chi connectivity index (χ4n) is 3.37. The summed E-state index contributed by atoms with van der Waals surface area (Å²) >= 11 is 0. The van der Waals surface area contributed by atoms with Gasteiger partial charge in [0.25, 0.3) is 0 Å². The zero-order valence-corrected chi connectivity index (χ0v) is 12.6. The van der Waals surface area contributed by atoms with Gasteiger partial charge in [-0.05, 0) is 61.0 Å². The summed E-state index contributed by atoms with van der Waals surface area (Å²) in [6, 6.07) is 19.4. The van der Waals surface area contributed by atoms with Crippen molar-refractivity contribution in [2.24, 2.45) is 5.92 Å². The third-order valence-electron chi connectivity index (χ3n) is 4.47. The van der Waals surface area contributed by atoms with Crippen molar-refractivity contribution in [2.45, 2.75) is 18.8 Å². The van der Waals surface area contributed by atoms with Crippen LogP contribution in [0.5, 0.6) is 5.75 Å². The Kier molecular flexibility index (Phi) is 4.56. The number of rotatable bonds is 4. The molecule has 0 aliphatic carbocycles. The maximum Gasteiger partial charge on any atom is 0.119 e. The summed E-state index contributed by atoms with van der Waals surface area (Å²) in [5.41, 5.74) is 2.84. The third kappa shape index (κ3) is 3.45. The second-order valence-electron chi connectivity index (χ2n) is 5.83. The molecule has 2 aromatic carbocycles. The Labute approximate surface area is 127 Å². The van der Waals surface area contributed by atoms with Gasteiger partial charge < -0.3 is 10.1 Å². The van der Waals surface area contributed by atoms with E-state index in [1.807, 2.05) is 6.07 Å². The average molecular weight is 281 g/mol. The Bertz CT molecular complexity index is 567. The van der Waals surface area contributed by atoms with Crippen molar-refractivity contribution in [3.05, 3.63) is 65.7 Å². The van der Waals surface area contributed by atoms with Gasteiger partial charge in [0.1, 0.15) is 5.75 Å². The molecule has 1 fully saturated rings. The van der Waals surface area contributed by atoms with E-state index < -0.39 is 0 Å². The summed E-state index contributed by atoms with van der Waals surface area (Å²) in [6.45, 7) is 2.20. The molecular weight excluding hydrogens is 258 g/mol. The van der Waals surface area contributed by atoms with Gasteiger partial charge in [-0.3, -0.25) is 0 Å². The average Bonchev–Trinajstić information content (AvgIpc) is 2.56. The molecule has 0 aromatic heterocycles. The van der Waals surface area contributed by atoms with Crippen molar-refractivity contribution in [3.8, 4) is 5.75 Å². The first-order valence-electron chi connectivity index (χ1n) is 7.75. The van der Waals surface area contributed by atoms with Crippen molar-refractivity contribution in [1.82, 2.24) is 5.32 Å². The first-order valence-corrected chi connectivity index (χ1v) is 7.75. The molecule has 1 saturated heterocycles. The molecule has 0 saturated carbocycles. The van der Waals surface area contributed by atoms with Gasteiger partial charge in [0.15, 0.2) is 0 Å². The second-order valence-corrected chi connectivity index (χ2v) is 5.83. The van der Waals surface area contributed by atoms with Crippen molar-refractivity contribution in [2.75, 3.05) is 20.2 Å². The van der Waals surface area contributed by atoms with E-state index in [4.69, 9.17) is 4.74 Å². The van der Waals surface area contributed by atoms with Gasteiger partial charge in [0, 0.05) is 0 Å². The van der Waals surface area contributed by atoms with Crippen LogP contribution in [-0.2, 0) is 6.42 Å². The highest BCUT2D eigenvalue weighted by Gasteiger charge is 2.26. The van der Waals surface area contributed by atoms with E-state index in [0.29, 0.717) is 11.8 Å². The standard InChI is InChI=1S/C19H23NO/c1-21-18-9-5-8-16(13-18)19-10-11-20-14-17(19)12-15-6-3-2-4-7-15/h2-9,13,17,19-20H,10-12,14H2,1H3. The predicted molar refractivity (Wildman–Crippen MR) is 86.9 cm³/mol. The Morgan fingerprint density at radius 1 is 1.10 bits per heavy atom. The molecule has 0 bridgehead atoms. The van der Waals surface area contributed by atoms with Crippen molar-refractivity contribution in [3.63, 3.8) is 0 Å². The summed E-state index contributed by atoms with van der Waals surface area (Å²) in [7, 11) is 1.74. The van der Waals surface area contributed by atoms with Crippen LogP contribution in [0.1, 0.15) is 23.5 Å². The number of hydrogen-bond acceptors (Lipinski definition) is 2. The van der Waals surface area contributed by atoms with Crippen LogP contribution in [0.4, 0.5) is 0 Å². The Morgan fingerprint density at radius 2 is 1.95 bits per heavy atom. The number of hydrogen-bond donors (Lipinski definition) is 1. The number of piperidine rings is 1. The Hall–Kier alpha value is -1.80. The van der Waals surface area contributed by atoms with E-state index in [2.05, 4.69) is 53.8 Å². The van der Waals surface area contributed by atoms with Gasteiger partial charge in [0.05, 0.1) is 7.11 Å². The molecule has 1 aliphatic rings. The number of nitrogens with one attached hydrogen (secondary N) is 1. The zero-order valence-electron chi connectivity index (χ0n) is 12.6. The molecule has 2 heteroatoms. The van der Waals surface area contributed by atoms with Crippen LogP contribution in [0.15, 0.2) is 54.6 Å². The van der Waals surface area contributed by atoms with Gasteiger partial charge in [-0.2, -0.15) is 0 Å². The van der Waals surface area contributed by atoms with E-state index >= 15 is 0 Å². The number of benzene rings is 2. The molecule has 2 aromatic rings. The minimum atomic E-state index is 0.613. The highest BCUT2D eigenvalue weighted by atomic mass is 16.5. The predicted octanol–water partition coefficient (Wildman–Crippen LogP) is 3.63. The highest BCUT2D eigenvalue weighted by Crippen LogP contribution is 2.34. The van der Waals surface area contributed by atoms with Crippen molar-refractivity contribution >= 4 is 0 Å². The van der Waals surface area contributed by atoms with Crippen LogP contribution in [-0.4, -0.2) is 20.2 Å². The molecule has 2 nitrogen and oxygen atoms in total. The van der Waals surface area contributed by atoms with Gasteiger partial charge in [-0.15, -0.1) is 0 Å². The summed E-state index contributed by atoms with van der Waals surface area (Å²) in [5.74, 6) is 2.22. The summed E-state index contributed by atoms with van der Waals surface area (Å²) in [4.78, 5) is 0. The monoisotopic (exact) mass is 281 g/mol. The van der Waals surface area contributed by atoms with E-state index in [9.17, 15) is 0 Å². The molecule has 110 valence electrons. The van der Waals surface area contributed by atoms with Crippen LogP contribution in [0.2, 0.25) is 0 Å². The summed E-state index contributed by atoms with van der Waals surface area (Å²) in [6.07, 6.45) is 2.33. The minimum absolute atomic E-state index is 0.613. The van der Waals surface area contributed by atoms with Gasteiger partial charge in [0.2, 0.25) is 0 Å². The quantitative estimate of drug-likeness (QED) is 0.924. The Balaban J connectivity index is 1.80. The van der Waals surface area contributed by atoms with Crippen LogP contribution in [0.25, 0.3) is 0 Å². The normalized spacial score (nSPS) is 22.0. The van der Waals surface area contributed by atoms with Crippen LogP contribution in [0, 0.1) is 5.92 Å². The topological polar surface area (TPSA) is 21.3 Å². The lowest BCUT2D eigenvalue weighted by molar-refractivity contribution is 0.323. The van der Waals surface area contributed by atoms with Gasteiger partial charge in [-0.1, -0.05) is 42.5 Å². The van der Waals surface area contributed by atoms with Crippen LogP contribution in [0.3, 0.4) is 0 Å². The molecule has 2 atom stereocenters. The fraction of sp³-hybridized carbons (Fsp3) is 0.368.